The van der Waals surface area contributed by atoms with Gasteiger partial charge < -0.3 is 19.9 Å². The summed E-state index contributed by atoms with van der Waals surface area (Å²) >= 11 is 0. The van der Waals surface area contributed by atoms with E-state index in [1.54, 1.807) is 0 Å². The Hall–Kier alpha value is -2.37. The van der Waals surface area contributed by atoms with Crippen LogP contribution in [0, 0.1) is 0 Å². The predicted molar refractivity (Wildman–Crippen MR) is 94.1 cm³/mol. The van der Waals surface area contributed by atoms with Crippen molar-refractivity contribution < 1.29 is 19.4 Å². The summed E-state index contributed by atoms with van der Waals surface area (Å²) in [7, 11) is 0. The molecule has 1 aliphatic heterocycles. The van der Waals surface area contributed by atoms with Crippen LogP contribution in [0.3, 0.4) is 0 Å². The minimum absolute atomic E-state index is 0.0930. The van der Waals surface area contributed by atoms with E-state index < -0.39 is 18.2 Å². The molecule has 25 heavy (non-hydrogen) atoms. The molecular formula is C20H23NO4. The molecule has 0 aromatic heterocycles. The number of nitrogens with one attached hydrogen (secondary N) is 1. The maximum Gasteiger partial charge on any atom is 0.407 e. The zero-order valence-corrected chi connectivity index (χ0v) is 14.0. The molecule has 0 bridgehead atoms. The van der Waals surface area contributed by atoms with Crippen LogP contribution in [0.4, 0.5) is 4.79 Å². The standard InChI is InChI=1S/C20H23NO4/c22-19(12-17-14-24-17)18(11-15-7-3-1-4-8-15)21-20(23)25-13-16-9-5-2-6-10-16/h1-10,17-19,22H,11-14H2,(H,21,23)/t17?,18-,19-/m1/s1. The molecule has 132 valence electrons. The second kappa shape index (κ2) is 8.65. The highest BCUT2D eigenvalue weighted by atomic mass is 16.6. The summed E-state index contributed by atoms with van der Waals surface area (Å²) in [5, 5.41) is 13.3. The molecule has 1 aliphatic rings. The van der Waals surface area contributed by atoms with E-state index in [0.717, 1.165) is 11.1 Å². The maximum atomic E-state index is 12.1. The summed E-state index contributed by atoms with van der Waals surface area (Å²) in [6.45, 7) is 0.875. The Kier molecular flexibility index (Phi) is 6.04. The van der Waals surface area contributed by atoms with E-state index >= 15 is 0 Å². The van der Waals surface area contributed by atoms with E-state index in [1.807, 2.05) is 60.7 Å². The van der Waals surface area contributed by atoms with E-state index in [0.29, 0.717) is 19.4 Å². The molecule has 0 radical (unpaired) electrons. The molecule has 1 amide bonds. The first-order valence-corrected chi connectivity index (χ1v) is 8.51. The fourth-order valence-corrected chi connectivity index (χ4v) is 2.71. The largest absolute Gasteiger partial charge is 0.445 e. The lowest BCUT2D eigenvalue weighted by Crippen LogP contribution is -2.45. The highest BCUT2D eigenvalue weighted by Crippen LogP contribution is 2.19. The van der Waals surface area contributed by atoms with E-state index in [-0.39, 0.29) is 12.7 Å². The zero-order valence-electron chi connectivity index (χ0n) is 14.0. The summed E-state index contributed by atoms with van der Waals surface area (Å²) in [6.07, 6.45) is -0.0704. The highest BCUT2D eigenvalue weighted by Gasteiger charge is 2.31. The Bertz CT molecular complexity index is 658. The maximum absolute atomic E-state index is 12.1. The van der Waals surface area contributed by atoms with Crippen LogP contribution < -0.4 is 5.32 Å². The second-order valence-corrected chi connectivity index (χ2v) is 6.26. The number of hydrogen-bond donors (Lipinski definition) is 2. The lowest BCUT2D eigenvalue weighted by molar-refractivity contribution is 0.0911. The molecule has 0 spiro atoms. The molecule has 3 atom stereocenters. The summed E-state index contributed by atoms with van der Waals surface area (Å²) in [5.74, 6) is 0. The Morgan fingerprint density at radius 1 is 1.12 bits per heavy atom. The van der Waals surface area contributed by atoms with Gasteiger partial charge in [-0.2, -0.15) is 0 Å². The third kappa shape index (κ3) is 5.89. The van der Waals surface area contributed by atoms with Crippen molar-refractivity contribution in [1.82, 2.24) is 5.32 Å². The van der Waals surface area contributed by atoms with Crippen LogP contribution in [-0.4, -0.2) is 36.1 Å². The molecule has 1 unspecified atom stereocenters. The number of hydrogen-bond acceptors (Lipinski definition) is 4. The molecule has 1 heterocycles. The smallest absolute Gasteiger partial charge is 0.407 e. The van der Waals surface area contributed by atoms with Crippen molar-refractivity contribution >= 4 is 6.09 Å². The average Bonchev–Trinajstić information content (AvgIpc) is 3.45. The van der Waals surface area contributed by atoms with Gasteiger partial charge in [-0.05, 0) is 17.5 Å². The van der Waals surface area contributed by atoms with Gasteiger partial charge in [0.1, 0.15) is 6.61 Å². The van der Waals surface area contributed by atoms with Gasteiger partial charge in [0.05, 0.1) is 24.9 Å². The van der Waals surface area contributed by atoms with Gasteiger partial charge in [0.25, 0.3) is 0 Å². The molecule has 2 aromatic rings. The summed E-state index contributed by atoms with van der Waals surface area (Å²) in [5.41, 5.74) is 1.97. The number of rotatable bonds is 8. The third-order valence-corrected chi connectivity index (χ3v) is 4.19. The van der Waals surface area contributed by atoms with Crippen LogP contribution in [0.5, 0.6) is 0 Å². The van der Waals surface area contributed by atoms with Crippen LogP contribution in [-0.2, 0) is 22.5 Å². The number of aliphatic hydroxyl groups excluding tert-OH is 1. The Morgan fingerprint density at radius 3 is 2.32 bits per heavy atom. The van der Waals surface area contributed by atoms with Gasteiger partial charge in [-0.3, -0.25) is 0 Å². The quantitative estimate of drug-likeness (QED) is 0.724. The second-order valence-electron chi connectivity index (χ2n) is 6.26. The van der Waals surface area contributed by atoms with E-state index in [4.69, 9.17) is 9.47 Å². The van der Waals surface area contributed by atoms with Gasteiger partial charge in [0, 0.05) is 6.42 Å². The van der Waals surface area contributed by atoms with Gasteiger partial charge in [-0.25, -0.2) is 4.79 Å². The zero-order chi connectivity index (χ0) is 17.5. The van der Waals surface area contributed by atoms with Crippen LogP contribution >= 0.6 is 0 Å². The Balaban J connectivity index is 1.56. The van der Waals surface area contributed by atoms with Gasteiger partial charge in [0.2, 0.25) is 0 Å². The van der Waals surface area contributed by atoms with E-state index in [9.17, 15) is 9.90 Å². The highest BCUT2D eigenvalue weighted by molar-refractivity contribution is 5.67. The van der Waals surface area contributed by atoms with Crippen LogP contribution in [0.15, 0.2) is 60.7 Å². The molecule has 5 nitrogen and oxygen atoms in total. The number of carbonyl (C=O) groups is 1. The number of benzene rings is 2. The van der Waals surface area contributed by atoms with Crippen LogP contribution in [0.1, 0.15) is 17.5 Å². The average molecular weight is 341 g/mol. The van der Waals surface area contributed by atoms with Crippen molar-refractivity contribution in [3.8, 4) is 0 Å². The van der Waals surface area contributed by atoms with Crippen LogP contribution in [0.2, 0.25) is 0 Å². The molecule has 2 aromatic carbocycles. The number of amides is 1. The number of ether oxygens (including phenoxy) is 2. The van der Waals surface area contributed by atoms with Crippen LogP contribution in [0.25, 0.3) is 0 Å². The minimum atomic E-state index is -0.683. The molecular weight excluding hydrogens is 318 g/mol. The van der Waals surface area contributed by atoms with Gasteiger partial charge in [0.15, 0.2) is 0 Å². The van der Waals surface area contributed by atoms with Crippen molar-refractivity contribution in [3.63, 3.8) is 0 Å². The summed E-state index contributed by atoms with van der Waals surface area (Å²) in [6, 6.07) is 18.9. The first-order chi connectivity index (χ1) is 12.2. The van der Waals surface area contributed by atoms with Crippen molar-refractivity contribution in [2.75, 3.05) is 6.61 Å². The third-order valence-electron chi connectivity index (χ3n) is 4.19. The minimum Gasteiger partial charge on any atom is -0.445 e. The van der Waals surface area contributed by atoms with Crippen molar-refractivity contribution in [3.05, 3.63) is 71.8 Å². The topological polar surface area (TPSA) is 71.1 Å². The monoisotopic (exact) mass is 341 g/mol. The lowest BCUT2D eigenvalue weighted by atomic mass is 9.98. The predicted octanol–water partition coefficient (Wildman–Crippen LogP) is 2.67. The van der Waals surface area contributed by atoms with Gasteiger partial charge >= 0.3 is 6.09 Å². The SMILES string of the molecule is O=C(N[C@H](Cc1ccccc1)[C@H](O)CC1CO1)OCc1ccccc1. The summed E-state index contributed by atoms with van der Waals surface area (Å²) in [4.78, 5) is 12.1. The van der Waals surface area contributed by atoms with Crippen molar-refractivity contribution in [2.45, 2.75) is 37.7 Å². The van der Waals surface area contributed by atoms with Crippen molar-refractivity contribution in [2.24, 2.45) is 0 Å². The number of aliphatic hydroxyl groups is 1. The number of epoxide rings is 1. The molecule has 1 fully saturated rings. The van der Waals surface area contributed by atoms with Gasteiger partial charge in [-0.1, -0.05) is 60.7 Å². The van der Waals surface area contributed by atoms with Crippen molar-refractivity contribution in [1.29, 1.82) is 0 Å². The first-order valence-electron chi connectivity index (χ1n) is 8.51. The first kappa shape index (κ1) is 17.5. The molecule has 0 saturated carbocycles. The summed E-state index contributed by atoms with van der Waals surface area (Å²) < 4.78 is 10.5. The number of alkyl carbamates (subject to hydrolysis) is 1. The lowest BCUT2D eigenvalue weighted by Gasteiger charge is -2.23. The molecule has 1 saturated heterocycles. The van der Waals surface area contributed by atoms with E-state index in [1.165, 1.54) is 0 Å². The normalized spacial score (nSPS) is 18.2. The molecule has 0 aliphatic carbocycles. The number of carbonyl (C=O) groups excluding carboxylic acids is 1. The van der Waals surface area contributed by atoms with Gasteiger partial charge in [-0.15, -0.1) is 0 Å². The Labute approximate surface area is 147 Å². The molecule has 2 N–H and O–H groups in total. The molecule has 5 heteroatoms. The molecule has 3 rings (SSSR count). The fraction of sp³-hybridized carbons (Fsp3) is 0.350. The fourth-order valence-electron chi connectivity index (χ4n) is 2.71. The Morgan fingerprint density at radius 2 is 1.72 bits per heavy atom. The van der Waals surface area contributed by atoms with E-state index in [2.05, 4.69) is 5.32 Å².